The molecule has 3 aromatic rings. The summed E-state index contributed by atoms with van der Waals surface area (Å²) in [5, 5.41) is 9.10. The van der Waals surface area contributed by atoms with Gasteiger partial charge in [0.25, 0.3) is 5.91 Å². The highest BCUT2D eigenvalue weighted by Crippen LogP contribution is 2.18. The first kappa shape index (κ1) is 25.0. The van der Waals surface area contributed by atoms with Crippen molar-refractivity contribution in [3.8, 4) is 11.5 Å². The lowest BCUT2D eigenvalue weighted by Crippen LogP contribution is -2.32. The van der Waals surface area contributed by atoms with Crippen LogP contribution in [-0.2, 0) is 14.4 Å². The molecule has 0 aromatic heterocycles. The number of hydrazone groups is 1. The monoisotopic (exact) mass is 474 g/mol. The van der Waals surface area contributed by atoms with E-state index >= 15 is 0 Å². The normalized spacial score (nSPS) is 10.5. The van der Waals surface area contributed by atoms with Crippen LogP contribution in [-0.4, -0.2) is 37.7 Å². The lowest BCUT2D eigenvalue weighted by molar-refractivity contribution is -0.136. The first-order valence-corrected chi connectivity index (χ1v) is 10.7. The van der Waals surface area contributed by atoms with Gasteiger partial charge in [-0.1, -0.05) is 30.3 Å². The van der Waals surface area contributed by atoms with Crippen molar-refractivity contribution < 1.29 is 23.9 Å². The lowest BCUT2D eigenvalue weighted by Gasteiger charge is -2.11. The van der Waals surface area contributed by atoms with Gasteiger partial charge in [0.1, 0.15) is 11.5 Å². The molecule has 35 heavy (non-hydrogen) atoms. The molecule has 0 heterocycles. The number of carbonyl (C=O) groups excluding carboxylic acids is 3. The standard InChI is InChI=1S/C26H26N4O5/c1-17-7-4-12-23(18(17)2)29-24(31)16-35-22-11-5-8-19(13-22)15-27-30-26(33)25(32)28-20-9-6-10-21(14-20)34-3/h4-15H,16H2,1-3H3,(H,28,32)(H,29,31)(H,30,33)/b27-15-. The van der Waals surface area contributed by atoms with Gasteiger partial charge in [-0.25, -0.2) is 5.43 Å². The molecule has 0 spiro atoms. The minimum absolute atomic E-state index is 0.171. The molecule has 9 heteroatoms. The minimum atomic E-state index is -0.931. The highest BCUT2D eigenvalue weighted by molar-refractivity contribution is 6.39. The quantitative estimate of drug-likeness (QED) is 0.263. The molecule has 0 aliphatic heterocycles. The van der Waals surface area contributed by atoms with Crippen molar-refractivity contribution in [1.29, 1.82) is 0 Å². The molecule has 0 aliphatic rings. The second-order valence-electron chi connectivity index (χ2n) is 7.54. The number of hydrogen-bond acceptors (Lipinski definition) is 6. The van der Waals surface area contributed by atoms with E-state index in [0.717, 1.165) is 16.8 Å². The Balaban J connectivity index is 1.49. The Hall–Kier alpha value is -4.66. The van der Waals surface area contributed by atoms with E-state index in [1.54, 1.807) is 48.5 Å². The highest BCUT2D eigenvalue weighted by atomic mass is 16.5. The number of methoxy groups -OCH3 is 1. The van der Waals surface area contributed by atoms with Crippen LogP contribution in [0.5, 0.6) is 11.5 Å². The van der Waals surface area contributed by atoms with Gasteiger partial charge >= 0.3 is 11.8 Å². The van der Waals surface area contributed by atoms with Crippen LogP contribution in [0.3, 0.4) is 0 Å². The Morgan fingerprint density at radius 3 is 2.43 bits per heavy atom. The fraction of sp³-hybridized carbons (Fsp3) is 0.154. The molecular weight excluding hydrogens is 448 g/mol. The highest BCUT2D eigenvalue weighted by Gasteiger charge is 2.13. The number of amides is 3. The van der Waals surface area contributed by atoms with Crippen molar-refractivity contribution in [3.05, 3.63) is 83.4 Å². The van der Waals surface area contributed by atoms with Crippen LogP contribution in [0.25, 0.3) is 0 Å². The molecule has 3 N–H and O–H groups in total. The van der Waals surface area contributed by atoms with Gasteiger partial charge in [-0.05, 0) is 60.9 Å². The van der Waals surface area contributed by atoms with Crippen LogP contribution in [0.2, 0.25) is 0 Å². The van der Waals surface area contributed by atoms with E-state index in [-0.39, 0.29) is 12.5 Å². The van der Waals surface area contributed by atoms with Crippen molar-refractivity contribution >= 4 is 35.3 Å². The average molecular weight is 475 g/mol. The van der Waals surface area contributed by atoms with Gasteiger partial charge in [-0.2, -0.15) is 5.10 Å². The van der Waals surface area contributed by atoms with Crippen LogP contribution < -0.4 is 25.5 Å². The number of nitrogens with zero attached hydrogens (tertiary/aromatic N) is 1. The molecule has 0 unspecified atom stereocenters. The maximum atomic E-state index is 12.3. The maximum absolute atomic E-state index is 12.3. The number of hydrogen-bond donors (Lipinski definition) is 3. The molecular formula is C26H26N4O5. The van der Waals surface area contributed by atoms with Crippen LogP contribution in [0.1, 0.15) is 16.7 Å². The molecule has 0 radical (unpaired) electrons. The van der Waals surface area contributed by atoms with Gasteiger partial charge in [-0.15, -0.1) is 0 Å². The topological polar surface area (TPSA) is 118 Å². The largest absolute Gasteiger partial charge is 0.497 e. The minimum Gasteiger partial charge on any atom is -0.497 e. The van der Waals surface area contributed by atoms with Crippen LogP contribution in [0.4, 0.5) is 11.4 Å². The fourth-order valence-corrected chi connectivity index (χ4v) is 3.01. The van der Waals surface area contributed by atoms with Crippen molar-refractivity contribution in [3.63, 3.8) is 0 Å². The van der Waals surface area contributed by atoms with E-state index < -0.39 is 11.8 Å². The van der Waals surface area contributed by atoms with E-state index in [2.05, 4.69) is 21.2 Å². The van der Waals surface area contributed by atoms with Crippen molar-refractivity contribution in [1.82, 2.24) is 5.43 Å². The molecule has 0 fully saturated rings. The number of benzene rings is 3. The smallest absolute Gasteiger partial charge is 0.329 e. The molecule has 0 saturated heterocycles. The zero-order chi connectivity index (χ0) is 25.2. The van der Waals surface area contributed by atoms with Gasteiger partial charge in [0.15, 0.2) is 6.61 Å². The van der Waals surface area contributed by atoms with E-state index in [1.165, 1.54) is 13.3 Å². The lowest BCUT2D eigenvalue weighted by atomic mass is 10.1. The van der Waals surface area contributed by atoms with Crippen molar-refractivity contribution in [2.75, 3.05) is 24.4 Å². The summed E-state index contributed by atoms with van der Waals surface area (Å²) in [5.74, 6) is -1.09. The first-order valence-electron chi connectivity index (χ1n) is 10.7. The molecule has 0 atom stereocenters. The molecule has 3 aromatic carbocycles. The third kappa shape index (κ3) is 7.43. The van der Waals surface area contributed by atoms with Gasteiger partial charge < -0.3 is 20.1 Å². The van der Waals surface area contributed by atoms with Gasteiger partial charge in [-0.3, -0.25) is 14.4 Å². The van der Waals surface area contributed by atoms with Crippen molar-refractivity contribution in [2.24, 2.45) is 5.10 Å². The summed E-state index contributed by atoms with van der Waals surface area (Å²) in [5.41, 5.74) is 6.01. The number of anilines is 2. The summed E-state index contributed by atoms with van der Waals surface area (Å²) in [7, 11) is 1.50. The Morgan fingerprint density at radius 2 is 1.63 bits per heavy atom. The summed E-state index contributed by atoms with van der Waals surface area (Å²) in [6.45, 7) is 3.75. The summed E-state index contributed by atoms with van der Waals surface area (Å²) >= 11 is 0. The van der Waals surface area contributed by atoms with E-state index in [0.29, 0.717) is 22.7 Å². The van der Waals surface area contributed by atoms with E-state index in [1.807, 2.05) is 32.0 Å². The first-order chi connectivity index (χ1) is 16.9. The van der Waals surface area contributed by atoms with Gasteiger partial charge in [0.05, 0.1) is 13.3 Å². The molecule has 0 saturated carbocycles. The number of nitrogens with one attached hydrogen (secondary N) is 3. The third-order valence-electron chi connectivity index (χ3n) is 5.02. The SMILES string of the molecule is COc1cccc(NC(=O)C(=O)N/N=C\c2cccc(OCC(=O)Nc3cccc(C)c3C)c2)c1. The number of rotatable bonds is 8. The Labute approximate surface area is 203 Å². The predicted molar refractivity (Wildman–Crippen MR) is 134 cm³/mol. The molecule has 9 nitrogen and oxygen atoms in total. The fourth-order valence-electron chi connectivity index (χ4n) is 3.01. The molecule has 3 rings (SSSR count). The number of carbonyl (C=O) groups is 3. The molecule has 180 valence electrons. The number of aryl methyl sites for hydroxylation is 1. The summed E-state index contributed by atoms with van der Waals surface area (Å²) in [6, 6.07) is 19.1. The van der Waals surface area contributed by atoms with E-state index in [9.17, 15) is 14.4 Å². The number of ether oxygens (including phenoxy) is 2. The summed E-state index contributed by atoms with van der Waals surface area (Å²) in [4.78, 5) is 36.3. The van der Waals surface area contributed by atoms with E-state index in [4.69, 9.17) is 9.47 Å². The second-order valence-corrected chi connectivity index (χ2v) is 7.54. The van der Waals surface area contributed by atoms with Crippen LogP contribution in [0, 0.1) is 13.8 Å². The van der Waals surface area contributed by atoms with Gasteiger partial charge in [0, 0.05) is 17.4 Å². The van der Waals surface area contributed by atoms with Gasteiger partial charge in [0.2, 0.25) is 0 Å². The summed E-state index contributed by atoms with van der Waals surface area (Å²) in [6.07, 6.45) is 1.36. The third-order valence-corrected chi connectivity index (χ3v) is 5.02. The molecule has 0 aliphatic carbocycles. The Kier molecular flexibility index (Phi) is 8.55. The maximum Gasteiger partial charge on any atom is 0.329 e. The summed E-state index contributed by atoms with van der Waals surface area (Å²) < 4.78 is 10.6. The zero-order valence-electron chi connectivity index (χ0n) is 19.6. The average Bonchev–Trinajstić information content (AvgIpc) is 2.86. The Morgan fingerprint density at radius 1 is 0.886 bits per heavy atom. The zero-order valence-corrected chi connectivity index (χ0v) is 19.6. The Bertz CT molecular complexity index is 1260. The van der Waals surface area contributed by atoms with Crippen LogP contribution in [0.15, 0.2) is 71.8 Å². The van der Waals surface area contributed by atoms with Crippen LogP contribution >= 0.6 is 0 Å². The predicted octanol–water partition coefficient (Wildman–Crippen LogP) is 3.42. The second kappa shape index (κ2) is 12.0. The molecule has 3 amide bonds. The molecule has 0 bridgehead atoms. The van der Waals surface area contributed by atoms with Crippen molar-refractivity contribution in [2.45, 2.75) is 13.8 Å².